The Morgan fingerprint density at radius 3 is 1.82 bits per heavy atom. The van der Waals surface area contributed by atoms with Gasteiger partial charge in [0.1, 0.15) is 16.7 Å². The predicted molar refractivity (Wildman–Crippen MR) is 194 cm³/mol. The summed E-state index contributed by atoms with van der Waals surface area (Å²) < 4.78 is 12.8. The molecular weight excluding hydrogens is 604 g/mol. The average molecular weight is 633 g/mol. The van der Waals surface area contributed by atoms with Crippen LogP contribution in [0.2, 0.25) is 0 Å². The zero-order valence-corrected chi connectivity index (χ0v) is 26.8. The largest absolute Gasteiger partial charge is 0.455 e. The first-order valence-electron chi connectivity index (χ1n) is 16.4. The molecule has 0 unspecified atom stereocenters. The van der Waals surface area contributed by atoms with Gasteiger partial charge in [0.05, 0.1) is 5.56 Å². The SMILES string of the molecule is CC1(C)c2cc(-c3cccc4c3oc3c(-c5nc(-c6ccccc6)nc(-c6ccccc6)n5)cccc34)ccc2-c2c1ccc1ncoc21. The molecule has 49 heavy (non-hydrogen) atoms. The number of rotatable bonds is 4. The van der Waals surface area contributed by atoms with Gasteiger partial charge in [-0.15, -0.1) is 0 Å². The van der Waals surface area contributed by atoms with E-state index in [2.05, 4.69) is 73.4 Å². The second-order valence-electron chi connectivity index (χ2n) is 13.1. The number of furan rings is 1. The van der Waals surface area contributed by atoms with Crippen LogP contribution in [0.4, 0.5) is 0 Å². The van der Waals surface area contributed by atoms with Gasteiger partial charge < -0.3 is 8.83 Å². The number of hydrogen-bond acceptors (Lipinski definition) is 6. The molecule has 1 aliphatic rings. The van der Waals surface area contributed by atoms with E-state index in [1.54, 1.807) is 0 Å². The van der Waals surface area contributed by atoms with Crippen LogP contribution in [0.1, 0.15) is 25.0 Å². The lowest BCUT2D eigenvalue weighted by molar-refractivity contribution is 0.601. The maximum Gasteiger partial charge on any atom is 0.182 e. The third-order valence-electron chi connectivity index (χ3n) is 9.91. The highest BCUT2D eigenvalue weighted by atomic mass is 16.3. The van der Waals surface area contributed by atoms with E-state index in [4.69, 9.17) is 23.8 Å². The van der Waals surface area contributed by atoms with E-state index in [0.717, 1.165) is 66.4 Å². The van der Waals surface area contributed by atoms with Crippen molar-refractivity contribution >= 4 is 33.0 Å². The molecule has 3 aromatic heterocycles. The van der Waals surface area contributed by atoms with E-state index in [0.29, 0.717) is 17.5 Å². The molecule has 10 rings (SSSR count). The molecule has 6 aromatic carbocycles. The summed E-state index contributed by atoms with van der Waals surface area (Å²) in [7, 11) is 0. The number of benzene rings is 6. The van der Waals surface area contributed by atoms with Crippen molar-refractivity contribution in [3.05, 3.63) is 145 Å². The van der Waals surface area contributed by atoms with Crippen molar-refractivity contribution in [3.8, 4) is 56.4 Å². The van der Waals surface area contributed by atoms with Crippen LogP contribution in [0.25, 0.3) is 89.5 Å². The number of hydrogen-bond donors (Lipinski definition) is 0. The molecule has 0 aliphatic heterocycles. The summed E-state index contributed by atoms with van der Waals surface area (Å²) in [5.41, 5.74) is 12.7. The van der Waals surface area contributed by atoms with Crippen LogP contribution in [-0.2, 0) is 5.41 Å². The van der Waals surface area contributed by atoms with Gasteiger partial charge in [0.25, 0.3) is 0 Å². The van der Waals surface area contributed by atoms with Gasteiger partial charge in [-0.25, -0.2) is 19.9 Å². The van der Waals surface area contributed by atoms with Crippen LogP contribution in [0.5, 0.6) is 0 Å². The third kappa shape index (κ3) is 4.14. The van der Waals surface area contributed by atoms with E-state index >= 15 is 0 Å². The Kier molecular flexibility index (Phi) is 5.82. The third-order valence-corrected chi connectivity index (χ3v) is 9.91. The normalized spacial score (nSPS) is 13.3. The van der Waals surface area contributed by atoms with Crippen LogP contribution in [0.15, 0.2) is 143 Å². The molecule has 0 saturated heterocycles. The molecule has 0 saturated carbocycles. The molecule has 6 heteroatoms. The van der Waals surface area contributed by atoms with Crippen LogP contribution < -0.4 is 0 Å². The number of oxazole rings is 1. The standard InChI is InChI=1S/C43H28N4O2/c1-43(2)33-21-22-35-39(48-24-44-35)36(33)31-20-19-27(23-34(31)43)28-15-9-16-29-30-17-10-18-32(38(30)49-37(28)29)42-46-40(25-11-5-3-6-12-25)45-41(47-42)26-13-7-4-8-14-26/h3-24H,1-2H3. The summed E-state index contributed by atoms with van der Waals surface area (Å²) in [5.74, 6) is 1.79. The molecule has 0 atom stereocenters. The summed E-state index contributed by atoms with van der Waals surface area (Å²) in [5, 5.41) is 2.06. The van der Waals surface area contributed by atoms with Gasteiger partial charge >= 0.3 is 0 Å². The zero-order valence-electron chi connectivity index (χ0n) is 26.8. The molecule has 1 aliphatic carbocycles. The number of nitrogens with zero attached hydrogens (tertiary/aromatic N) is 4. The molecule has 0 fully saturated rings. The Labute approximate surface area is 281 Å². The lowest BCUT2D eigenvalue weighted by Crippen LogP contribution is -2.14. The molecule has 232 valence electrons. The van der Waals surface area contributed by atoms with Gasteiger partial charge in [0.15, 0.2) is 29.4 Å². The van der Waals surface area contributed by atoms with E-state index in [1.165, 1.54) is 23.1 Å². The Hall–Kier alpha value is -6.40. The van der Waals surface area contributed by atoms with Crippen molar-refractivity contribution < 1.29 is 8.83 Å². The van der Waals surface area contributed by atoms with Crippen LogP contribution in [0, 0.1) is 0 Å². The van der Waals surface area contributed by atoms with Gasteiger partial charge in [-0.1, -0.05) is 123 Å². The van der Waals surface area contributed by atoms with Gasteiger partial charge in [-0.3, -0.25) is 0 Å². The molecule has 3 heterocycles. The van der Waals surface area contributed by atoms with Crippen molar-refractivity contribution in [1.82, 2.24) is 19.9 Å². The van der Waals surface area contributed by atoms with Gasteiger partial charge in [0.2, 0.25) is 0 Å². The van der Waals surface area contributed by atoms with Gasteiger partial charge in [-0.05, 0) is 40.5 Å². The monoisotopic (exact) mass is 632 g/mol. The Bertz CT molecular complexity index is 2690. The molecule has 0 amide bonds. The van der Waals surface area contributed by atoms with Crippen molar-refractivity contribution in [1.29, 1.82) is 0 Å². The minimum absolute atomic E-state index is 0.206. The topological polar surface area (TPSA) is 77.8 Å². The Morgan fingerprint density at radius 1 is 0.490 bits per heavy atom. The fourth-order valence-corrected chi connectivity index (χ4v) is 7.46. The number of para-hydroxylation sites is 2. The van der Waals surface area contributed by atoms with E-state index < -0.39 is 0 Å². The molecule has 9 aromatic rings. The molecule has 0 radical (unpaired) electrons. The summed E-state index contributed by atoms with van der Waals surface area (Å²) in [6.07, 6.45) is 1.53. The van der Waals surface area contributed by atoms with Crippen LogP contribution >= 0.6 is 0 Å². The fraction of sp³-hybridized carbons (Fsp3) is 0.0698. The summed E-state index contributed by atoms with van der Waals surface area (Å²) >= 11 is 0. The summed E-state index contributed by atoms with van der Waals surface area (Å²) in [6.45, 7) is 4.56. The van der Waals surface area contributed by atoms with E-state index in [-0.39, 0.29) is 5.41 Å². The highest BCUT2D eigenvalue weighted by Gasteiger charge is 2.38. The van der Waals surface area contributed by atoms with Gasteiger partial charge in [-0.2, -0.15) is 0 Å². The fourth-order valence-electron chi connectivity index (χ4n) is 7.46. The smallest absolute Gasteiger partial charge is 0.182 e. The Balaban J connectivity index is 1.16. The molecular formula is C43H28N4O2. The van der Waals surface area contributed by atoms with E-state index in [9.17, 15) is 0 Å². The van der Waals surface area contributed by atoms with Crippen molar-refractivity contribution in [3.63, 3.8) is 0 Å². The average Bonchev–Trinajstić information content (AvgIpc) is 3.85. The second-order valence-corrected chi connectivity index (χ2v) is 13.1. The van der Waals surface area contributed by atoms with E-state index in [1.807, 2.05) is 72.8 Å². The molecule has 0 spiro atoms. The number of aromatic nitrogens is 4. The maximum atomic E-state index is 6.87. The minimum Gasteiger partial charge on any atom is -0.455 e. The van der Waals surface area contributed by atoms with Crippen LogP contribution in [-0.4, -0.2) is 19.9 Å². The number of fused-ring (bicyclic) bond motifs is 8. The second kappa shape index (κ2) is 10.3. The highest BCUT2D eigenvalue weighted by Crippen LogP contribution is 2.52. The first kappa shape index (κ1) is 27.7. The molecule has 0 N–H and O–H groups in total. The van der Waals surface area contributed by atoms with Crippen LogP contribution in [0.3, 0.4) is 0 Å². The Morgan fingerprint density at radius 2 is 1.12 bits per heavy atom. The summed E-state index contributed by atoms with van der Waals surface area (Å²) in [6, 6.07) is 43.6. The molecule has 6 nitrogen and oxygen atoms in total. The quantitative estimate of drug-likeness (QED) is 0.192. The molecule has 0 bridgehead atoms. The maximum absolute atomic E-state index is 6.87. The zero-order chi connectivity index (χ0) is 32.7. The van der Waals surface area contributed by atoms with Gasteiger partial charge in [0, 0.05) is 38.4 Å². The highest BCUT2D eigenvalue weighted by molar-refractivity contribution is 6.13. The summed E-state index contributed by atoms with van der Waals surface area (Å²) in [4.78, 5) is 19.3. The van der Waals surface area contributed by atoms with Crippen molar-refractivity contribution in [2.75, 3.05) is 0 Å². The van der Waals surface area contributed by atoms with Crippen molar-refractivity contribution in [2.45, 2.75) is 19.3 Å². The first-order valence-corrected chi connectivity index (χ1v) is 16.4. The van der Waals surface area contributed by atoms with Crippen molar-refractivity contribution in [2.24, 2.45) is 0 Å². The first-order chi connectivity index (χ1) is 24.0. The lowest BCUT2D eigenvalue weighted by Gasteiger charge is -2.22. The minimum atomic E-state index is -0.206. The lowest BCUT2D eigenvalue weighted by atomic mass is 9.81. The predicted octanol–water partition coefficient (Wildman–Crippen LogP) is 10.9.